The van der Waals surface area contributed by atoms with E-state index in [-0.39, 0.29) is 17.2 Å². The Morgan fingerprint density at radius 2 is 1.96 bits per heavy atom. The third kappa shape index (κ3) is 3.43. The zero-order valence-corrected chi connectivity index (χ0v) is 13.0. The number of benzene rings is 1. The van der Waals surface area contributed by atoms with Gasteiger partial charge >= 0.3 is 0 Å². The van der Waals surface area contributed by atoms with Crippen molar-refractivity contribution in [3.05, 3.63) is 51.9 Å². The zero-order valence-electron chi connectivity index (χ0n) is 13.0. The van der Waals surface area contributed by atoms with Crippen LogP contribution in [0.4, 0.5) is 0 Å². The summed E-state index contributed by atoms with van der Waals surface area (Å²) in [5, 5.41) is 9.22. The van der Waals surface area contributed by atoms with E-state index in [2.05, 4.69) is 4.98 Å². The summed E-state index contributed by atoms with van der Waals surface area (Å²) in [5.74, 6) is 0.792. The molecule has 1 aromatic carbocycles. The fourth-order valence-electron chi connectivity index (χ4n) is 2.73. The van der Waals surface area contributed by atoms with Gasteiger partial charge in [-0.15, -0.1) is 0 Å². The van der Waals surface area contributed by atoms with Crippen molar-refractivity contribution < 1.29 is 9.47 Å². The fourth-order valence-corrected chi connectivity index (χ4v) is 2.73. The van der Waals surface area contributed by atoms with Gasteiger partial charge in [0.15, 0.2) is 0 Å². The number of pyridine rings is 1. The van der Waals surface area contributed by atoms with E-state index in [0.29, 0.717) is 5.56 Å². The van der Waals surface area contributed by atoms with Crippen molar-refractivity contribution in [2.45, 2.75) is 25.9 Å². The van der Waals surface area contributed by atoms with Crippen LogP contribution in [0.3, 0.4) is 0 Å². The summed E-state index contributed by atoms with van der Waals surface area (Å²) in [4.78, 5) is 14.5. The highest BCUT2D eigenvalue weighted by Gasteiger charge is 2.15. The molecule has 2 aromatic rings. The molecule has 0 amide bonds. The van der Waals surface area contributed by atoms with Gasteiger partial charge in [-0.25, -0.2) is 0 Å². The van der Waals surface area contributed by atoms with E-state index in [1.165, 1.54) is 0 Å². The predicted molar refractivity (Wildman–Crippen MR) is 86.4 cm³/mol. The molecule has 118 valence electrons. The van der Waals surface area contributed by atoms with E-state index in [0.717, 1.165) is 43.1 Å². The number of hydrogen-bond acceptors (Lipinski definition) is 4. The second-order valence-corrected chi connectivity index (χ2v) is 5.64. The molecule has 1 N–H and O–H groups in total. The van der Waals surface area contributed by atoms with E-state index in [4.69, 9.17) is 9.47 Å². The largest absolute Gasteiger partial charge is 0.490 e. The number of H-pyrrole nitrogens is 1. The van der Waals surface area contributed by atoms with Gasteiger partial charge in [0.05, 0.1) is 13.2 Å². The first-order valence-electron chi connectivity index (χ1n) is 7.66. The van der Waals surface area contributed by atoms with Crippen molar-refractivity contribution in [3.8, 4) is 22.9 Å². The number of nitriles is 1. The van der Waals surface area contributed by atoms with E-state index >= 15 is 0 Å². The fraction of sp³-hybridized carbons (Fsp3) is 0.333. The number of nitrogens with zero attached hydrogens (tertiary/aromatic N) is 1. The molecule has 0 saturated carbocycles. The summed E-state index contributed by atoms with van der Waals surface area (Å²) in [5.41, 5.74) is 1.98. The number of rotatable bonds is 3. The first kappa shape index (κ1) is 15.3. The standard InChI is InChI=1S/C18H18N2O3/c1-12-10-16(17(11-19)18(21)20-12)13-2-4-14(5-3-13)23-15-6-8-22-9-7-15/h2-5,10,15H,6-9H2,1H3,(H,20,21). The lowest BCUT2D eigenvalue weighted by molar-refractivity contribution is 0.0256. The van der Waals surface area contributed by atoms with Gasteiger partial charge < -0.3 is 14.5 Å². The van der Waals surface area contributed by atoms with Crippen LogP contribution in [0.25, 0.3) is 11.1 Å². The summed E-state index contributed by atoms with van der Waals surface area (Å²) in [6.07, 6.45) is 1.98. The van der Waals surface area contributed by atoms with Gasteiger partial charge in [-0.2, -0.15) is 5.26 Å². The molecule has 2 heterocycles. The van der Waals surface area contributed by atoms with Crippen molar-refractivity contribution in [1.29, 1.82) is 5.26 Å². The van der Waals surface area contributed by atoms with Gasteiger partial charge in [0, 0.05) is 24.1 Å². The van der Waals surface area contributed by atoms with E-state index < -0.39 is 0 Å². The normalized spacial score (nSPS) is 15.1. The van der Waals surface area contributed by atoms with Crippen LogP contribution < -0.4 is 10.3 Å². The van der Waals surface area contributed by atoms with Crippen LogP contribution in [-0.4, -0.2) is 24.3 Å². The molecule has 23 heavy (non-hydrogen) atoms. The number of aromatic nitrogens is 1. The molecule has 1 saturated heterocycles. The summed E-state index contributed by atoms with van der Waals surface area (Å²) >= 11 is 0. The SMILES string of the molecule is Cc1cc(-c2ccc(OC3CCOCC3)cc2)c(C#N)c(=O)[nH]1. The molecule has 1 aromatic heterocycles. The lowest BCUT2D eigenvalue weighted by Crippen LogP contribution is -2.25. The molecule has 0 unspecified atom stereocenters. The van der Waals surface area contributed by atoms with Gasteiger partial charge in [0.25, 0.3) is 5.56 Å². The van der Waals surface area contributed by atoms with Crippen molar-refractivity contribution in [3.63, 3.8) is 0 Å². The number of aromatic amines is 1. The molecule has 5 nitrogen and oxygen atoms in total. The van der Waals surface area contributed by atoms with Crippen molar-refractivity contribution >= 4 is 0 Å². The van der Waals surface area contributed by atoms with E-state index in [9.17, 15) is 10.1 Å². The third-order valence-corrected chi connectivity index (χ3v) is 3.92. The molecule has 3 rings (SSSR count). The van der Waals surface area contributed by atoms with Crippen LogP contribution in [0.5, 0.6) is 5.75 Å². The molecule has 0 radical (unpaired) electrons. The van der Waals surface area contributed by atoms with Gasteiger partial charge in [-0.05, 0) is 30.7 Å². The Morgan fingerprint density at radius 3 is 2.61 bits per heavy atom. The summed E-state index contributed by atoms with van der Waals surface area (Å²) in [6, 6.07) is 11.3. The first-order valence-corrected chi connectivity index (χ1v) is 7.66. The second-order valence-electron chi connectivity index (χ2n) is 5.64. The van der Waals surface area contributed by atoms with Crippen LogP contribution >= 0.6 is 0 Å². The number of ether oxygens (including phenoxy) is 2. The molecule has 5 heteroatoms. The van der Waals surface area contributed by atoms with Crippen molar-refractivity contribution in [2.75, 3.05) is 13.2 Å². The Morgan fingerprint density at radius 1 is 1.26 bits per heavy atom. The van der Waals surface area contributed by atoms with Crippen LogP contribution in [0.1, 0.15) is 24.1 Å². The molecule has 0 bridgehead atoms. The molecule has 1 fully saturated rings. The monoisotopic (exact) mass is 310 g/mol. The summed E-state index contributed by atoms with van der Waals surface area (Å²) in [6.45, 7) is 3.27. The maximum Gasteiger partial charge on any atom is 0.266 e. The van der Waals surface area contributed by atoms with Gasteiger partial charge in [0.2, 0.25) is 0 Å². The lowest BCUT2D eigenvalue weighted by Gasteiger charge is -2.23. The molecule has 0 aliphatic carbocycles. The van der Waals surface area contributed by atoms with Gasteiger partial charge in [-0.3, -0.25) is 4.79 Å². The van der Waals surface area contributed by atoms with E-state index in [1.54, 1.807) is 6.92 Å². The molecule has 1 aliphatic rings. The maximum absolute atomic E-state index is 11.9. The molecule has 0 spiro atoms. The molecule has 0 atom stereocenters. The van der Waals surface area contributed by atoms with Crippen LogP contribution in [0, 0.1) is 18.3 Å². The number of hydrogen-bond donors (Lipinski definition) is 1. The maximum atomic E-state index is 11.9. The highest BCUT2D eigenvalue weighted by molar-refractivity contribution is 5.70. The molecular formula is C18H18N2O3. The minimum Gasteiger partial charge on any atom is -0.490 e. The zero-order chi connectivity index (χ0) is 16.2. The van der Waals surface area contributed by atoms with Crippen LogP contribution in [0.2, 0.25) is 0 Å². The highest BCUT2D eigenvalue weighted by Crippen LogP contribution is 2.25. The Kier molecular flexibility index (Phi) is 4.45. The smallest absolute Gasteiger partial charge is 0.266 e. The lowest BCUT2D eigenvalue weighted by atomic mass is 10.0. The minimum atomic E-state index is -0.356. The molecule has 1 aliphatic heterocycles. The van der Waals surface area contributed by atoms with Crippen molar-refractivity contribution in [2.24, 2.45) is 0 Å². The Labute approximate surface area is 134 Å². The van der Waals surface area contributed by atoms with Gasteiger partial charge in [-0.1, -0.05) is 12.1 Å². The highest BCUT2D eigenvalue weighted by atomic mass is 16.5. The average molecular weight is 310 g/mol. The molecular weight excluding hydrogens is 292 g/mol. The van der Waals surface area contributed by atoms with E-state index in [1.807, 2.05) is 36.4 Å². The average Bonchev–Trinajstić information content (AvgIpc) is 2.56. The minimum absolute atomic E-state index is 0.133. The first-order chi connectivity index (χ1) is 11.2. The summed E-state index contributed by atoms with van der Waals surface area (Å²) in [7, 11) is 0. The third-order valence-electron chi connectivity index (χ3n) is 3.92. The van der Waals surface area contributed by atoms with Crippen LogP contribution in [-0.2, 0) is 4.74 Å². The van der Waals surface area contributed by atoms with Gasteiger partial charge in [0.1, 0.15) is 23.5 Å². The Hall–Kier alpha value is -2.58. The second kappa shape index (κ2) is 6.67. The summed E-state index contributed by atoms with van der Waals surface area (Å²) < 4.78 is 11.3. The predicted octanol–water partition coefficient (Wildman–Crippen LogP) is 2.78. The number of aryl methyl sites for hydroxylation is 1. The topological polar surface area (TPSA) is 75.1 Å². The quantitative estimate of drug-likeness (QED) is 0.946. The van der Waals surface area contributed by atoms with Crippen molar-refractivity contribution in [1.82, 2.24) is 4.98 Å². The van der Waals surface area contributed by atoms with Crippen LogP contribution in [0.15, 0.2) is 35.1 Å². The Bertz CT molecular complexity index is 781. The Balaban J connectivity index is 1.85. The number of nitrogens with one attached hydrogen (secondary N) is 1.